The zero-order valence-electron chi connectivity index (χ0n) is 12.9. The van der Waals surface area contributed by atoms with Crippen molar-refractivity contribution in [3.05, 3.63) is 40.2 Å². The molecule has 0 radical (unpaired) electrons. The van der Waals surface area contributed by atoms with Crippen molar-refractivity contribution in [3.63, 3.8) is 0 Å². The molecule has 3 rings (SSSR count). The second kappa shape index (κ2) is 8.64. The second-order valence-corrected chi connectivity index (χ2v) is 6.26. The number of nitrogens with zero attached hydrogens (tertiary/aromatic N) is 2. The van der Waals surface area contributed by atoms with Crippen LogP contribution in [0.3, 0.4) is 0 Å². The van der Waals surface area contributed by atoms with Gasteiger partial charge in [0.1, 0.15) is 0 Å². The molecule has 7 heteroatoms. The molecule has 1 saturated heterocycles. The highest BCUT2D eigenvalue weighted by Crippen LogP contribution is 2.23. The number of aromatic nitrogens is 1. The van der Waals surface area contributed by atoms with Crippen molar-refractivity contribution in [1.82, 2.24) is 9.88 Å². The number of halogens is 2. The molecule has 1 amide bonds. The summed E-state index contributed by atoms with van der Waals surface area (Å²) in [7, 11) is 0. The van der Waals surface area contributed by atoms with Crippen LogP contribution in [0.5, 0.6) is 0 Å². The Morgan fingerprint density at radius 3 is 2.74 bits per heavy atom. The van der Waals surface area contributed by atoms with Gasteiger partial charge in [-0.3, -0.25) is 9.78 Å². The lowest BCUT2D eigenvalue weighted by atomic mass is 10.1. The number of rotatable bonds is 3. The van der Waals surface area contributed by atoms with Crippen LogP contribution in [0, 0.1) is 12.8 Å². The van der Waals surface area contributed by atoms with Gasteiger partial charge in [0.2, 0.25) is 0 Å². The minimum absolute atomic E-state index is 0. The fourth-order valence-corrected chi connectivity index (χ4v) is 3.39. The van der Waals surface area contributed by atoms with Gasteiger partial charge in [-0.1, -0.05) is 0 Å². The Labute approximate surface area is 152 Å². The molecule has 0 saturated carbocycles. The van der Waals surface area contributed by atoms with Crippen LogP contribution in [-0.2, 0) is 0 Å². The number of amides is 1. The van der Waals surface area contributed by atoms with Crippen LogP contribution in [0.1, 0.15) is 22.5 Å². The van der Waals surface area contributed by atoms with Gasteiger partial charge in [0, 0.05) is 24.0 Å². The highest BCUT2D eigenvalue weighted by molar-refractivity contribution is 7.08. The summed E-state index contributed by atoms with van der Waals surface area (Å²) in [6.45, 7) is 4.12. The smallest absolute Gasteiger partial charge is 0.255 e. The maximum Gasteiger partial charge on any atom is 0.255 e. The van der Waals surface area contributed by atoms with Gasteiger partial charge >= 0.3 is 0 Å². The topological polar surface area (TPSA) is 59.2 Å². The lowest BCUT2D eigenvalue weighted by Gasteiger charge is -2.17. The number of pyridine rings is 1. The van der Waals surface area contributed by atoms with E-state index in [9.17, 15) is 4.79 Å². The van der Waals surface area contributed by atoms with E-state index in [1.807, 2.05) is 35.4 Å². The van der Waals surface area contributed by atoms with E-state index in [0.29, 0.717) is 18.0 Å². The van der Waals surface area contributed by atoms with Crippen molar-refractivity contribution in [2.75, 3.05) is 19.6 Å². The van der Waals surface area contributed by atoms with E-state index >= 15 is 0 Å². The first-order valence-electron chi connectivity index (χ1n) is 7.18. The van der Waals surface area contributed by atoms with Crippen molar-refractivity contribution < 1.29 is 4.79 Å². The third kappa shape index (κ3) is 4.23. The summed E-state index contributed by atoms with van der Waals surface area (Å²) in [6, 6.07) is 5.87. The molecule has 0 aromatic carbocycles. The van der Waals surface area contributed by atoms with Crippen LogP contribution in [0.15, 0.2) is 29.0 Å². The van der Waals surface area contributed by atoms with Crippen LogP contribution >= 0.6 is 36.2 Å². The number of carbonyl (C=O) groups is 1. The molecule has 126 valence electrons. The highest BCUT2D eigenvalue weighted by atomic mass is 35.5. The van der Waals surface area contributed by atoms with Crippen LogP contribution in [0.4, 0.5) is 0 Å². The SMILES string of the molecule is Cc1nc(-c2ccsc2)ccc1C(=O)N1CCC(CN)C1.Cl.Cl. The Kier molecular flexibility index (Phi) is 7.48. The Bertz CT molecular complexity index is 649. The lowest BCUT2D eigenvalue weighted by Crippen LogP contribution is -2.30. The van der Waals surface area contributed by atoms with Gasteiger partial charge < -0.3 is 10.6 Å². The van der Waals surface area contributed by atoms with E-state index in [1.165, 1.54) is 0 Å². The molecule has 2 N–H and O–H groups in total. The van der Waals surface area contributed by atoms with E-state index in [-0.39, 0.29) is 30.7 Å². The van der Waals surface area contributed by atoms with Crippen LogP contribution < -0.4 is 5.73 Å². The molecule has 4 nitrogen and oxygen atoms in total. The van der Waals surface area contributed by atoms with Crippen LogP contribution in [0.2, 0.25) is 0 Å². The molecule has 0 bridgehead atoms. The average Bonchev–Trinajstić information content (AvgIpc) is 3.17. The summed E-state index contributed by atoms with van der Waals surface area (Å²) in [5, 5.41) is 4.10. The number of likely N-dealkylation sites (tertiary alicyclic amines) is 1. The lowest BCUT2D eigenvalue weighted by molar-refractivity contribution is 0.0786. The van der Waals surface area contributed by atoms with Crippen molar-refractivity contribution in [3.8, 4) is 11.3 Å². The van der Waals surface area contributed by atoms with E-state index in [1.54, 1.807) is 11.3 Å². The first kappa shape index (κ1) is 19.9. The van der Waals surface area contributed by atoms with Gasteiger partial charge in [-0.25, -0.2) is 0 Å². The first-order chi connectivity index (χ1) is 10.2. The maximum absolute atomic E-state index is 12.6. The number of carbonyl (C=O) groups excluding carboxylic acids is 1. The first-order valence-corrected chi connectivity index (χ1v) is 8.13. The maximum atomic E-state index is 12.6. The van der Waals surface area contributed by atoms with Gasteiger partial charge in [0.15, 0.2) is 0 Å². The average molecular weight is 374 g/mol. The molecule has 2 aromatic rings. The molecule has 2 aromatic heterocycles. The molecular formula is C16H21Cl2N3OS. The normalized spacial score (nSPS) is 16.6. The molecular weight excluding hydrogens is 353 g/mol. The summed E-state index contributed by atoms with van der Waals surface area (Å²) in [4.78, 5) is 19.1. The van der Waals surface area contributed by atoms with Crippen molar-refractivity contribution in [2.24, 2.45) is 11.7 Å². The van der Waals surface area contributed by atoms with Crippen molar-refractivity contribution in [1.29, 1.82) is 0 Å². The number of hydrogen-bond donors (Lipinski definition) is 1. The number of nitrogens with two attached hydrogens (primary N) is 1. The van der Waals surface area contributed by atoms with E-state index in [4.69, 9.17) is 5.73 Å². The Hall–Kier alpha value is -1.14. The summed E-state index contributed by atoms with van der Waals surface area (Å²) in [6.07, 6.45) is 1.00. The largest absolute Gasteiger partial charge is 0.338 e. The minimum Gasteiger partial charge on any atom is -0.338 e. The van der Waals surface area contributed by atoms with Crippen LogP contribution in [0.25, 0.3) is 11.3 Å². The van der Waals surface area contributed by atoms with Crippen molar-refractivity contribution >= 4 is 42.1 Å². The summed E-state index contributed by atoms with van der Waals surface area (Å²) >= 11 is 1.65. The third-order valence-corrected chi connectivity index (χ3v) is 4.72. The molecule has 3 heterocycles. The minimum atomic E-state index is 0. The molecule has 1 aliphatic heterocycles. The number of thiophene rings is 1. The molecule has 0 aliphatic carbocycles. The zero-order chi connectivity index (χ0) is 14.8. The number of aryl methyl sites for hydroxylation is 1. The van der Waals surface area contributed by atoms with Gasteiger partial charge in [0.25, 0.3) is 5.91 Å². The van der Waals surface area contributed by atoms with Gasteiger partial charge in [-0.2, -0.15) is 11.3 Å². The highest BCUT2D eigenvalue weighted by Gasteiger charge is 2.27. The molecule has 1 aliphatic rings. The van der Waals surface area contributed by atoms with Crippen LogP contribution in [-0.4, -0.2) is 35.4 Å². The monoisotopic (exact) mass is 373 g/mol. The Morgan fingerprint density at radius 2 is 2.17 bits per heavy atom. The standard InChI is InChI=1S/C16H19N3OS.2ClH/c1-11-14(16(20)19-6-4-12(8-17)9-19)2-3-15(18-11)13-5-7-21-10-13;;/h2-3,5,7,10,12H,4,6,8-9,17H2,1H3;2*1H. The molecule has 23 heavy (non-hydrogen) atoms. The predicted octanol–water partition coefficient (Wildman–Crippen LogP) is 3.38. The fourth-order valence-electron chi connectivity index (χ4n) is 2.74. The Balaban J connectivity index is 0.00000132. The fraction of sp³-hybridized carbons (Fsp3) is 0.375. The van der Waals surface area contributed by atoms with Gasteiger partial charge in [-0.05, 0) is 49.4 Å². The van der Waals surface area contributed by atoms with E-state index < -0.39 is 0 Å². The number of hydrogen-bond acceptors (Lipinski definition) is 4. The molecule has 1 fully saturated rings. The third-order valence-electron chi connectivity index (χ3n) is 4.04. The summed E-state index contributed by atoms with van der Waals surface area (Å²) in [5.41, 5.74) is 9.21. The summed E-state index contributed by atoms with van der Waals surface area (Å²) in [5.74, 6) is 0.514. The molecule has 1 unspecified atom stereocenters. The summed E-state index contributed by atoms with van der Waals surface area (Å²) < 4.78 is 0. The zero-order valence-corrected chi connectivity index (χ0v) is 15.3. The second-order valence-electron chi connectivity index (χ2n) is 5.48. The molecule has 0 spiro atoms. The van der Waals surface area contributed by atoms with E-state index in [0.717, 1.165) is 36.5 Å². The quantitative estimate of drug-likeness (QED) is 0.896. The molecule has 1 atom stereocenters. The van der Waals surface area contributed by atoms with Crippen molar-refractivity contribution in [2.45, 2.75) is 13.3 Å². The predicted molar refractivity (Wildman–Crippen MR) is 99.8 cm³/mol. The van der Waals surface area contributed by atoms with E-state index in [2.05, 4.69) is 10.4 Å². The van der Waals surface area contributed by atoms with Gasteiger partial charge in [-0.15, -0.1) is 24.8 Å². The Morgan fingerprint density at radius 1 is 1.39 bits per heavy atom. The van der Waals surface area contributed by atoms with Gasteiger partial charge in [0.05, 0.1) is 17.0 Å².